The summed E-state index contributed by atoms with van der Waals surface area (Å²) in [4.78, 5) is 38.2. The monoisotopic (exact) mass is 955 g/mol. The number of allylic oxidation sites excluding steroid dienone is 6. The molecule has 6 heteroatoms. The normalized spacial score (nSPS) is 12.2. The second kappa shape index (κ2) is 57.2. The minimum absolute atomic E-state index is 0.0741. The third-order valence-corrected chi connectivity index (χ3v) is 13.3. The third-order valence-electron chi connectivity index (χ3n) is 13.3. The number of rotatable bonds is 55. The number of carbonyl (C=O) groups excluding carboxylic acids is 3. The van der Waals surface area contributed by atoms with Gasteiger partial charge in [-0.05, 0) is 96.3 Å². The van der Waals surface area contributed by atoms with Gasteiger partial charge in [0.2, 0.25) is 0 Å². The second-order valence-corrected chi connectivity index (χ2v) is 20.2. The maximum atomic E-state index is 12.9. The van der Waals surface area contributed by atoms with Crippen LogP contribution in [-0.2, 0) is 28.6 Å². The highest BCUT2D eigenvalue weighted by molar-refractivity contribution is 5.71. The Morgan fingerprint density at radius 3 is 0.765 bits per heavy atom. The Hall–Kier alpha value is -2.37. The average molecular weight is 956 g/mol. The summed E-state index contributed by atoms with van der Waals surface area (Å²) in [5, 5.41) is 0. The highest BCUT2D eigenvalue weighted by Crippen LogP contribution is 2.16. The summed E-state index contributed by atoms with van der Waals surface area (Å²) in [6.07, 6.45) is 68.5. The summed E-state index contributed by atoms with van der Waals surface area (Å²) in [5.74, 6) is -0.871. The van der Waals surface area contributed by atoms with Crippen molar-refractivity contribution in [3.8, 4) is 0 Å². The van der Waals surface area contributed by atoms with Gasteiger partial charge in [-0.2, -0.15) is 0 Å². The van der Waals surface area contributed by atoms with Crippen molar-refractivity contribution >= 4 is 17.9 Å². The van der Waals surface area contributed by atoms with Crippen LogP contribution in [0.3, 0.4) is 0 Å². The zero-order valence-corrected chi connectivity index (χ0v) is 45.6. The first kappa shape index (κ1) is 65.6. The molecule has 0 bridgehead atoms. The highest BCUT2D eigenvalue weighted by Gasteiger charge is 2.19. The predicted molar refractivity (Wildman–Crippen MR) is 293 cm³/mol. The minimum atomic E-state index is -0.776. The van der Waals surface area contributed by atoms with Crippen LogP contribution in [-0.4, -0.2) is 37.2 Å². The number of hydrogen-bond donors (Lipinski definition) is 0. The fourth-order valence-electron chi connectivity index (χ4n) is 8.78. The van der Waals surface area contributed by atoms with E-state index in [1.54, 1.807) is 0 Å². The number of ether oxygens (including phenoxy) is 3. The van der Waals surface area contributed by atoms with Crippen LogP contribution < -0.4 is 0 Å². The third kappa shape index (κ3) is 54.6. The molecule has 0 saturated heterocycles. The quantitative estimate of drug-likeness (QED) is 0.0262. The van der Waals surface area contributed by atoms with Gasteiger partial charge in [-0.25, -0.2) is 0 Å². The summed E-state index contributed by atoms with van der Waals surface area (Å²) in [7, 11) is 0. The maximum Gasteiger partial charge on any atom is 0.306 e. The number of carbonyl (C=O) groups is 3. The van der Waals surface area contributed by atoms with Gasteiger partial charge in [0.1, 0.15) is 13.2 Å². The molecule has 68 heavy (non-hydrogen) atoms. The number of unbranched alkanes of at least 4 members (excludes halogenated alkanes) is 38. The standard InChI is InChI=1S/C62H114O6/c1-4-7-10-13-16-19-22-25-27-29-31-33-35-37-40-43-46-49-52-55-61(64)67-58-59(57-66-60(63)54-51-48-45-42-39-24-21-18-15-12-9-6-3)68-62(65)56-53-50-47-44-41-38-36-34-32-30-28-26-23-20-17-14-11-8-5-2/h18,21,25-28,59H,4-17,19-20,22-24,29-58H2,1-3H3/b21-18-,27-25-,28-26-. The average Bonchev–Trinajstić information content (AvgIpc) is 3.34. The van der Waals surface area contributed by atoms with E-state index >= 15 is 0 Å². The van der Waals surface area contributed by atoms with Crippen molar-refractivity contribution in [2.24, 2.45) is 0 Å². The van der Waals surface area contributed by atoms with Crippen molar-refractivity contribution in [3.63, 3.8) is 0 Å². The van der Waals surface area contributed by atoms with Crippen LogP contribution >= 0.6 is 0 Å². The van der Waals surface area contributed by atoms with E-state index in [1.165, 1.54) is 218 Å². The molecule has 0 aliphatic carbocycles. The molecule has 0 aliphatic heterocycles. The lowest BCUT2D eigenvalue weighted by Crippen LogP contribution is -2.30. The van der Waals surface area contributed by atoms with E-state index in [-0.39, 0.29) is 31.1 Å². The molecule has 0 saturated carbocycles. The van der Waals surface area contributed by atoms with Gasteiger partial charge in [-0.3, -0.25) is 14.4 Å². The van der Waals surface area contributed by atoms with Gasteiger partial charge in [0.05, 0.1) is 0 Å². The smallest absolute Gasteiger partial charge is 0.306 e. The van der Waals surface area contributed by atoms with E-state index < -0.39 is 6.10 Å². The van der Waals surface area contributed by atoms with E-state index in [1.807, 2.05) is 0 Å². The Kier molecular flexibility index (Phi) is 55.2. The second-order valence-electron chi connectivity index (χ2n) is 20.2. The molecule has 0 N–H and O–H groups in total. The molecule has 0 aromatic carbocycles. The van der Waals surface area contributed by atoms with Crippen molar-refractivity contribution in [2.75, 3.05) is 13.2 Å². The summed E-state index contributed by atoms with van der Waals surface area (Å²) in [5.41, 5.74) is 0. The van der Waals surface area contributed by atoms with E-state index in [2.05, 4.69) is 57.2 Å². The van der Waals surface area contributed by atoms with E-state index in [4.69, 9.17) is 14.2 Å². The van der Waals surface area contributed by atoms with Crippen LogP contribution in [0, 0.1) is 0 Å². The molecule has 0 aromatic rings. The minimum Gasteiger partial charge on any atom is -0.462 e. The Balaban J connectivity index is 4.31. The maximum absolute atomic E-state index is 12.9. The Labute approximate surface area is 423 Å². The Morgan fingerprint density at radius 2 is 0.485 bits per heavy atom. The molecule has 0 heterocycles. The fourth-order valence-corrected chi connectivity index (χ4v) is 8.78. The predicted octanol–water partition coefficient (Wildman–Crippen LogP) is 20.0. The van der Waals surface area contributed by atoms with Crippen molar-refractivity contribution in [2.45, 2.75) is 329 Å². The van der Waals surface area contributed by atoms with Crippen LogP contribution in [0.25, 0.3) is 0 Å². The molecule has 0 rings (SSSR count). The molecule has 0 amide bonds. The topological polar surface area (TPSA) is 78.9 Å². The lowest BCUT2D eigenvalue weighted by molar-refractivity contribution is -0.167. The SMILES string of the molecule is CCCCC/C=C\CCCCCCCC(=O)OCC(COC(=O)CCCCCCCCCCC/C=C\CCCCCCCC)OC(=O)CCCCCCCCCCC/C=C\CCCCCCCC. The van der Waals surface area contributed by atoms with Crippen LogP contribution in [0.5, 0.6) is 0 Å². The molecule has 1 atom stereocenters. The van der Waals surface area contributed by atoms with Crippen molar-refractivity contribution in [3.05, 3.63) is 36.5 Å². The first-order valence-corrected chi connectivity index (χ1v) is 30.0. The molecule has 398 valence electrons. The molecule has 0 spiro atoms. The van der Waals surface area contributed by atoms with E-state index in [0.29, 0.717) is 19.3 Å². The molecule has 0 aliphatic rings. The summed E-state index contributed by atoms with van der Waals surface area (Å²) >= 11 is 0. The van der Waals surface area contributed by atoms with Gasteiger partial charge >= 0.3 is 17.9 Å². The number of hydrogen-bond acceptors (Lipinski definition) is 6. The van der Waals surface area contributed by atoms with Gasteiger partial charge in [-0.15, -0.1) is 0 Å². The Morgan fingerprint density at radius 1 is 0.279 bits per heavy atom. The summed E-state index contributed by atoms with van der Waals surface area (Å²) in [6.45, 7) is 6.64. The van der Waals surface area contributed by atoms with E-state index in [0.717, 1.165) is 64.2 Å². The molecule has 0 fully saturated rings. The van der Waals surface area contributed by atoms with Crippen LogP contribution in [0.2, 0.25) is 0 Å². The number of esters is 3. The first-order chi connectivity index (χ1) is 33.5. The summed E-state index contributed by atoms with van der Waals surface area (Å²) < 4.78 is 16.9. The van der Waals surface area contributed by atoms with Gasteiger partial charge in [-0.1, -0.05) is 243 Å². The van der Waals surface area contributed by atoms with Crippen LogP contribution in [0.4, 0.5) is 0 Å². The fraction of sp³-hybridized carbons (Fsp3) is 0.855. The van der Waals surface area contributed by atoms with Gasteiger partial charge in [0.25, 0.3) is 0 Å². The molecule has 0 radical (unpaired) electrons. The lowest BCUT2D eigenvalue weighted by atomic mass is 10.1. The zero-order valence-electron chi connectivity index (χ0n) is 45.6. The first-order valence-electron chi connectivity index (χ1n) is 30.0. The van der Waals surface area contributed by atoms with Crippen LogP contribution in [0.15, 0.2) is 36.5 Å². The van der Waals surface area contributed by atoms with E-state index in [9.17, 15) is 14.4 Å². The molecular weight excluding hydrogens is 841 g/mol. The Bertz CT molecular complexity index is 1140. The van der Waals surface area contributed by atoms with Gasteiger partial charge in [0, 0.05) is 19.3 Å². The van der Waals surface area contributed by atoms with Gasteiger partial charge in [0.15, 0.2) is 6.10 Å². The largest absolute Gasteiger partial charge is 0.462 e. The van der Waals surface area contributed by atoms with Crippen LogP contribution in [0.1, 0.15) is 323 Å². The molecular formula is C62H114O6. The molecule has 0 aromatic heterocycles. The van der Waals surface area contributed by atoms with Crippen molar-refractivity contribution in [1.82, 2.24) is 0 Å². The van der Waals surface area contributed by atoms with Gasteiger partial charge < -0.3 is 14.2 Å². The van der Waals surface area contributed by atoms with Crippen molar-refractivity contribution < 1.29 is 28.6 Å². The van der Waals surface area contributed by atoms with Crippen molar-refractivity contribution in [1.29, 1.82) is 0 Å². The zero-order chi connectivity index (χ0) is 49.3. The molecule has 6 nitrogen and oxygen atoms in total. The lowest BCUT2D eigenvalue weighted by Gasteiger charge is -2.18. The molecule has 1 unspecified atom stereocenters. The summed E-state index contributed by atoms with van der Waals surface area (Å²) in [6, 6.07) is 0. The highest BCUT2D eigenvalue weighted by atomic mass is 16.6.